The van der Waals surface area contributed by atoms with E-state index in [1.165, 1.54) is 16.2 Å². The molecule has 3 heterocycles. The fourth-order valence-corrected chi connectivity index (χ4v) is 3.90. The minimum absolute atomic E-state index is 0.248. The first-order valence-electron chi connectivity index (χ1n) is 8.29. The molecule has 0 unspecified atom stereocenters. The molecule has 4 rings (SSSR count). The van der Waals surface area contributed by atoms with E-state index in [9.17, 15) is 4.79 Å². The minimum Gasteiger partial charge on any atom is -0.355 e. The molecule has 3 aromatic rings. The van der Waals surface area contributed by atoms with Gasteiger partial charge in [0.1, 0.15) is 0 Å². The van der Waals surface area contributed by atoms with Crippen LogP contribution in [0.1, 0.15) is 34.1 Å². The van der Waals surface area contributed by atoms with E-state index in [2.05, 4.69) is 20.8 Å². The van der Waals surface area contributed by atoms with Crippen molar-refractivity contribution in [3.63, 3.8) is 0 Å². The van der Waals surface area contributed by atoms with Gasteiger partial charge in [0.05, 0.1) is 0 Å². The van der Waals surface area contributed by atoms with Crippen LogP contribution in [-0.4, -0.2) is 29.1 Å². The monoisotopic (exact) mass is 354 g/mol. The van der Waals surface area contributed by atoms with Gasteiger partial charge in [-0.15, -0.1) is 11.3 Å². The molecule has 25 heavy (non-hydrogen) atoms. The third-order valence-electron chi connectivity index (χ3n) is 4.29. The number of carbonyl (C=O) groups excluding carboxylic acids is 1. The highest BCUT2D eigenvalue weighted by Crippen LogP contribution is 2.31. The standard InChI is InChI=1S/C18H18N4O2S/c23-17(14-10-15(24-22-14)12-4-2-1-3-5-12)21-18-20-11-16(25-18)13-6-8-19-9-7-13/h1-5,10-11,13,19H,6-9H2,(H,20,21,23). The molecule has 2 N–H and O–H groups in total. The van der Waals surface area contributed by atoms with E-state index in [1.807, 2.05) is 36.5 Å². The van der Waals surface area contributed by atoms with Gasteiger partial charge in [0.25, 0.3) is 5.91 Å². The Kier molecular flexibility index (Phi) is 4.58. The Morgan fingerprint density at radius 2 is 2.04 bits per heavy atom. The van der Waals surface area contributed by atoms with Crippen LogP contribution in [0.5, 0.6) is 0 Å². The van der Waals surface area contributed by atoms with Crippen LogP contribution in [0.4, 0.5) is 5.13 Å². The third-order valence-corrected chi connectivity index (χ3v) is 5.36. The van der Waals surface area contributed by atoms with Crippen LogP contribution >= 0.6 is 11.3 Å². The number of aromatic nitrogens is 2. The second kappa shape index (κ2) is 7.16. The summed E-state index contributed by atoms with van der Waals surface area (Å²) >= 11 is 1.54. The molecule has 1 aliphatic heterocycles. The van der Waals surface area contributed by atoms with Crippen molar-refractivity contribution in [2.24, 2.45) is 0 Å². The second-order valence-corrected chi connectivity index (χ2v) is 7.05. The average molecular weight is 354 g/mol. The van der Waals surface area contributed by atoms with E-state index in [0.29, 0.717) is 16.8 Å². The molecule has 1 fully saturated rings. The zero-order valence-corrected chi connectivity index (χ0v) is 14.4. The first-order valence-corrected chi connectivity index (χ1v) is 9.11. The van der Waals surface area contributed by atoms with Crippen LogP contribution in [-0.2, 0) is 0 Å². The van der Waals surface area contributed by atoms with Gasteiger partial charge in [-0.25, -0.2) is 4.98 Å². The van der Waals surface area contributed by atoms with Gasteiger partial charge in [0.2, 0.25) is 0 Å². The summed E-state index contributed by atoms with van der Waals surface area (Å²) in [7, 11) is 0. The number of rotatable bonds is 4. The lowest BCUT2D eigenvalue weighted by molar-refractivity contribution is 0.101. The quantitative estimate of drug-likeness (QED) is 0.749. The van der Waals surface area contributed by atoms with E-state index in [-0.39, 0.29) is 11.6 Å². The van der Waals surface area contributed by atoms with Crippen LogP contribution in [0.3, 0.4) is 0 Å². The molecule has 1 aromatic carbocycles. The number of thiazole rings is 1. The van der Waals surface area contributed by atoms with Gasteiger partial charge in [0, 0.05) is 22.7 Å². The molecule has 0 bridgehead atoms. The number of anilines is 1. The Bertz CT molecular complexity index is 853. The maximum Gasteiger partial charge on any atom is 0.279 e. The molecule has 6 nitrogen and oxygen atoms in total. The summed E-state index contributed by atoms with van der Waals surface area (Å²) in [5.41, 5.74) is 1.13. The third kappa shape index (κ3) is 3.62. The normalized spacial score (nSPS) is 15.2. The number of carbonyl (C=O) groups is 1. The summed E-state index contributed by atoms with van der Waals surface area (Å²) < 4.78 is 5.28. The molecule has 0 atom stereocenters. The van der Waals surface area contributed by atoms with Gasteiger partial charge in [-0.05, 0) is 31.8 Å². The van der Waals surface area contributed by atoms with E-state index in [1.54, 1.807) is 6.07 Å². The molecule has 128 valence electrons. The number of nitrogens with one attached hydrogen (secondary N) is 2. The summed E-state index contributed by atoms with van der Waals surface area (Å²) in [6, 6.07) is 11.2. The Morgan fingerprint density at radius 1 is 1.24 bits per heavy atom. The topological polar surface area (TPSA) is 80.0 Å². The van der Waals surface area contributed by atoms with Crippen molar-refractivity contribution in [1.82, 2.24) is 15.5 Å². The summed E-state index contributed by atoms with van der Waals surface area (Å²) in [5.74, 6) is 0.790. The van der Waals surface area contributed by atoms with Crippen molar-refractivity contribution < 1.29 is 9.32 Å². The highest BCUT2D eigenvalue weighted by atomic mass is 32.1. The Morgan fingerprint density at radius 3 is 2.84 bits per heavy atom. The predicted octanol–water partition coefficient (Wildman–Crippen LogP) is 3.52. The summed E-state index contributed by atoms with van der Waals surface area (Å²) in [6.45, 7) is 2.07. The van der Waals surface area contributed by atoms with E-state index in [0.717, 1.165) is 31.5 Å². The number of hydrogen-bond acceptors (Lipinski definition) is 6. The fourth-order valence-electron chi connectivity index (χ4n) is 2.92. The van der Waals surface area contributed by atoms with Crippen LogP contribution < -0.4 is 10.6 Å². The predicted molar refractivity (Wildman–Crippen MR) is 96.9 cm³/mol. The van der Waals surface area contributed by atoms with Crippen molar-refractivity contribution in [3.05, 3.63) is 53.2 Å². The molecule has 1 saturated heterocycles. The van der Waals surface area contributed by atoms with E-state index in [4.69, 9.17) is 4.52 Å². The lowest BCUT2D eigenvalue weighted by atomic mass is 9.97. The highest BCUT2D eigenvalue weighted by Gasteiger charge is 2.19. The number of amides is 1. The molecule has 0 aliphatic carbocycles. The molecule has 2 aromatic heterocycles. The zero-order valence-electron chi connectivity index (χ0n) is 13.6. The van der Waals surface area contributed by atoms with Gasteiger partial charge < -0.3 is 9.84 Å². The average Bonchev–Trinajstić information content (AvgIpc) is 3.33. The van der Waals surface area contributed by atoms with Crippen molar-refractivity contribution in [2.75, 3.05) is 18.4 Å². The summed E-state index contributed by atoms with van der Waals surface area (Å²) in [6.07, 6.45) is 4.09. The largest absolute Gasteiger partial charge is 0.355 e. The summed E-state index contributed by atoms with van der Waals surface area (Å²) in [4.78, 5) is 17.9. The first kappa shape index (κ1) is 16.0. The van der Waals surface area contributed by atoms with Crippen molar-refractivity contribution >= 4 is 22.4 Å². The lowest BCUT2D eigenvalue weighted by Crippen LogP contribution is -2.26. The maximum atomic E-state index is 12.4. The maximum absolute atomic E-state index is 12.4. The van der Waals surface area contributed by atoms with Gasteiger partial charge in [-0.2, -0.15) is 0 Å². The summed E-state index contributed by atoms with van der Waals surface area (Å²) in [5, 5.41) is 10.6. The Labute approximate surface area is 149 Å². The second-order valence-electron chi connectivity index (χ2n) is 5.99. The van der Waals surface area contributed by atoms with Gasteiger partial charge >= 0.3 is 0 Å². The van der Waals surface area contributed by atoms with Crippen LogP contribution in [0.15, 0.2) is 47.1 Å². The molecule has 0 radical (unpaired) electrons. The van der Waals surface area contributed by atoms with Gasteiger partial charge in [-0.1, -0.05) is 35.5 Å². The van der Waals surface area contributed by atoms with Crippen LogP contribution in [0, 0.1) is 0 Å². The molecule has 0 saturated carbocycles. The van der Waals surface area contributed by atoms with Crippen LogP contribution in [0.2, 0.25) is 0 Å². The van der Waals surface area contributed by atoms with E-state index < -0.39 is 0 Å². The first-order chi connectivity index (χ1) is 12.3. The molecule has 7 heteroatoms. The molecule has 1 aliphatic rings. The SMILES string of the molecule is O=C(Nc1ncc(C2CCNCC2)s1)c1cc(-c2ccccc2)on1. The van der Waals surface area contributed by atoms with Crippen molar-refractivity contribution in [3.8, 4) is 11.3 Å². The van der Waals surface area contributed by atoms with Crippen molar-refractivity contribution in [2.45, 2.75) is 18.8 Å². The number of benzene rings is 1. The highest BCUT2D eigenvalue weighted by molar-refractivity contribution is 7.15. The van der Waals surface area contributed by atoms with Crippen molar-refractivity contribution in [1.29, 1.82) is 0 Å². The fraction of sp³-hybridized carbons (Fsp3) is 0.278. The number of nitrogens with zero attached hydrogens (tertiary/aromatic N) is 2. The van der Waals surface area contributed by atoms with Crippen LogP contribution in [0.25, 0.3) is 11.3 Å². The molecule has 0 spiro atoms. The smallest absolute Gasteiger partial charge is 0.279 e. The molecular weight excluding hydrogens is 336 g/mol. The lowest BCUT2D eigenvalue weighted by Gasteiger charge is -2.20. The molecular formula is C18H18N4O2S. The Balaban J connectivity index is 1.44. The zero-order chi connectivity index (χ0) is 17.1. The molecule has 1 amide bonds. The number of hydrogen-bond donors (Lipinski definition) is 2. The Hall–Kier alpha value is -2.51. The van der Waals surface area contributed by atoms with E-state index >= 15 is 0 Å². The van der Waals surface area contributed by atoms with Gasteiger partial charge in [0.15, 0.2) is 16.6 Å². The number of piperidine rings is 1. The van der Waals surface area contributed by atoms with Gasteiger partial charge in [-0.3, -0.25) is 10.1 Å². The minimum atomic E-state index is -0.308.